The van der Waals surface area contributed by atoms with Gasteiger partial charge in [-0.3, -0.25) is 19.1 Å². The van der Waals surface area contributed by atoms with Gasteiger partial charge in [0, 0.05) is 0 Å². The molecule has 1 fully saturated rings. The van der Waals surface area contributed by atoms with Crippen LogP contribution in [0, 0.1) is 11.8 Å². The first kappa shape index (κ1) is 37.0. The van der Waals surface area contributed by atoms with Crippen molar-refractivity contribution in [2.24, 2.45) is 26.8 Å². The minimum Gasteiger partial charge on any atom is -0.482 e. The molecule has 4 unspecified atom stereocenters. The Balaban J connectivity index is 1.83. The average molecular weight is 661 g/mol. The lowest BCUT2D eigenvalue weighted by atomic mass is 10.0. The number of hydrogen-bond acceptors (Lipinski definition) is 14. The van der Waals surface area contributed by atoms with Gasteiger partial charge < -0.3 is 38.6 Å². The zero-order valence-electron chi connectivity index (χ0n) is 27.4. The largest absolute Gasteiger partial charge is 0.482 e. The van der Waals surface area contributed by atoms with Crippen LogP contribution in [0.15, 0.2) is 15.0 Å². The van der Waals surface area contributed by atoms with Gasteiger partial charge in [0.05, 0.1) is 33.3 Å². The number of nitrogens with one attached hydrogen (secondary N) is 2. The summed E-state index contributed by atoms with van der Waals surface area (Å²) >= 11 is 0. The van der Waals surface area contributed by atoms with E-state index in [0.29, 0.717) is 11.7 Å². The monoisotopic (exact) mass is 660 g/mol. The molecule has 0 radical (unpaired) electrons. The maximum absolute atomic E-state index is 14.4. The standard InChI is InChI=1S/C28H49N6O10P/c1-14(2)10-18(27(37)41-9)32-45(39,33-19(11-15(3)4)28(38)43-16(5)6)42-12-20-22(35)23(36)26(44-20)34-13-29-21-24(34)30-17(7)31-25(21)40-8/h13-16,18-24,26,35-36H,10-12H2,1-9H3,(H2,32,33,39)/t18-,19-,20+,21?,22?,23+,24?,26+,45?/m0/s1. The van der Waals surface area contributed by atoms with Crippen molar-refractivity contribution in [1.82, 2.24) is 15.1 Å². The number of aliphatic imine (C=N–C) groups is 3. The second-order valence-corrected chi connectivity index (χ2v) is 14.3. The Morgan fingerprint density at radius 3 is 2.16 bits per heavy atom. The van der Waals surface area contributed by atoms with Crippen molar-refractivity contribution in [3.8, 4) is 0 Å². The van der Waals surface area contributed by atoms with E-state index in [1.807, 2.05) is 27.7 Å². The number of carbonyl (C=O) groups is 2. The van der Waals surface area contributed by atoms with Crippen LogP contribution in [-0.4, -0.2) is 121 Å². The van der Waals surface area contributed by atoms with E-state index >= 15 is 0 Å². The first-order valence-corrected chi connectivity index (χ1v) is 16.8. The summed E-state index contributed by atoms with van der Waals surface area (Å²) < 4.78 is 42.0. The van der Waals surface area contributed by atoms with Gasteiger partial charge in [-0.25, -0.2) is 20.2 Å². The molecular weight excluding hydrogens is 611 g/mol. The van der Waals surface area contributed by atoms with E-state index in [0.717, 1.165) is 0 Å². The topological polar surface area (TPSA) is 202 Å². The number of rotatable bonds is 15. The molecule has 0 aromatic rings. The van der Waals surface area contributed by atoms with E-state index in [1.54, 1.807) is 25.7 Å². The van der Waals surface area contributed by atoms with Gasteiger partial charge >= 0.3 is 19.6 Å². The SMILES string of the molecule is COC(=O)[C@H](CC(C)C)NP(=O)(N[C@@H](CC(C)C)C(=O)OC(C)C)OC[C@H]1O[C@@H](N2C=NC3C(OC)=NC(C)=NC32)[C@H](O)C1O. The quantitative estimate of drug-likeness (QED) is 0.144. The molecule has 0 spiro atoms. The molecular formula is C28H49N6O10P. The van der Waals surface area contributed by atoms with E-state index in [1.165, 1.54) is 20.6 Å². The van der Waals surface area contributed by atoms with E-state index in [9.17, 15) is 24.4 Å². The second kappa shape index (κ2) is 15.9. The van der Waals surface area contributed by atoms with Crippen LogP contribution in [0.3, 0.4) is 0 Å². The van der Waals surface area contributed by atoms with Crippen LogP contribution in [0.5, 0.6) is 0 Å². The maximum Gasteiger partial charge on any atom is 0.342 e. The predicted octanol–water partition coefficient (Wildman–Crippen LogP) is 1.21. The first-order chi connectivity index (χ1) is 21.1. The van der Waals surface area contributed by atoms with Crippen LogP contribution in [0.2, 0.25) is 0 Å². The fraction of sp³-hybridized carbons (Fsp3) is 0.821. The predicted molar refractivity (Wildman–Crippen MR) is 166 cm³/mol. The number of esters is 2. The Bertz CT molecular complexity index is 1180. The summed E-state index contributed by atoms with van der Waals surface area (Å²) in [6.07, 6.45) is -4.21. The van der Waals surface area contributed by atoms with Crippen LogP contribution < -0.4 is 10.2 Å². The Morgan fingerprint density at radius 1 is 1.02 bits per heavy atom. The molecule has 0 aliphatic carbocycles. The molecule has 4 N–H and O–H groups in total. The maximum atomic E-state index is 14.4. The number of nitrogens with zero attached hydrogens (tertiary/aromatic N) is 4. The first-order valence-electron chi connectivity index (χ1n) is 15.2. The number of carbonyl (C=O) groups excluding carboxylic acids is 2. The molecule has 17 heteroatoms. The normalized spacial score (nSPS) is 28.9. The average Bonchev–Trinajstić information content (AvgIpc) is 3.49. The number of amidine groups is 1. The molecule has 3 aliphatic heterocycles. The molecule has 0 saturated carbocycles. The van der Waals surface area contributed by atoms with Gasteiger partial charge in [0.2, 0.25) is 5.90 Å². The summed E-state index contributed by atoms with van der Waals surface area (Å²) in [5.74, 6) is -0.505. The molecule has 3 heterocycles. The van der Waals surface area contributed by atoms with Gasteiger partial charge in [-0.2, -0.15) is 0 Å². The Kier molecular flexibility index (Phi) is 13.1. The summed E-state index contributed by atoms with van der Waals surface area (Å²) in [7, 11) is -1.57. The third-order valence-electron chi connectivity index (χ3n) is 7.24. The number of ether oxygens (including phenoxy) is 4. The van der Waals surface area contributed by atoms with Gasteiger partial charge in [-0.15, -0.1) is 0 Å². The van der Waals surface area contributed by atoms with E-state index in [2.05, 4.69) is 25.2 Å². The van der Waals surface area contributed by atoms with Gasteiger partial charge in [0.15, 0.2) is 18.4 Å². The molecule has 9 atom stereocenters. The van der Waals surface area contributed by atoms with Crippen molar-refractivity contribution in [2.75, 3.05) is 20.8 Å². The smallest absolute Gasteiger partial charge is 0.342 e. The highest BCUT2D eigenvalue weighted by molar-refractivity contribution is 7.54. The molecule has 45 heavy (non-hydrogen) atoms. The molecule has 16 nitrogen and oxygen atoms in total. The third kappa shape index (κ3) is 9.53. The number of aliphatic hydroxyl groups is 2. The highest BCUT2D eigenvalue weighted by Crippen LogP contribution is 2.42. The fourth-order valence-electron chi connectivity index (χ4n) is 5.23. The van der Waals surface area contributed by atoms with Crippen molar-refractivity contribution in [1.29, 1.82) is 0 Å². The molecule has 0 amide bonds. The van der Waals surface area contributed by atoms with Crippen LogP contribution >= 0.6 is 7.67 Å². The molecule has 0 bridgehead atoms. The summed E-state index contributed by atoms with van der Waals surface area (Å²) in [6, 6.07) is -2.67. The van der Waals surface area contributed by atoms with Gasteiger partial charge in [-0.1, -0.05) is 27.7 Å². The summed E-state index contributed by atoms with van der Waals surface area (Å²) in [5.41, 5.74) is 0. The van der Waals surface area contributed by atoms with Crippen LogP contribution in [0.1, 0.15) is 61.3 Å². The summed E-state index contributed by atoms with van der Waals surface area (Å²) in [4.78, 5) is 40.4. The number of fused-ring (bicyclic) bond motifs is 1. The van der Waals surface area contributed by atoms with Gasteiger partial charge in [0.1, 0.15) is 36.2 Å². The van der Waals surface area contributed by atoms with Crippen molar-refractivity contribution in [3.05, 3.63) is 0 Å². The lowest BCUT2D eigenvalue weighted by Crippen LogP contribution is -2.50. The number of aliphatic hydroxyl groups excluding tert-OH is 2. The fourth-order valence-corrected chi connectivity index (χ4v) is 7.05. The van der Waals surface area contributed by atoms with Crippen molar-refractivity contribution >= 4 is 37.7 Å². The highest BCUT2D eigenvalue weighted by atomic mass is 31.2. The van der Waals surface area contributed by atoms with Gasteiger partial charge in [0.25, 0.3) is 0 Å². The van der Waals surface area contributed by atoms with E-state index in [-0.39, 0.29) is 24.7 Å². The minimum atomic E-state index is -4.26. The summed E-state index contributed by atoms with van der Waals surface area (Å²) in [6.45, 7) is 12.2. The van der Waals surface area contributed by atoms with Crippen molar-refractivity contribution in [3.63, 3.8) is 0 Å². The second-order valence-electron chi connectivity index (χ2n) is 12.4. The third-order valence-corrected chi connectivity index (χ3v) is 9.06. The zero-order valence-corrected chi connectivity index (χ0v) is 28.3. The van der Waals surface area contributed by atoms with Crippen molar-refractivity contribution < 1.29 is 47.8 Å². The van der Waals surface area contributed by atoms with Gasteiger partial charge in [-0.05, 0) is 45.4 Å². The number of hydrogen-bond donors (Lipinski definition) is 4. The molecule has 256 valence electrons. The lowest BCUT2D eigenvalue weighted by Gasteiger charge is -2.32. The highest BCUT2D eigenvalue weighted by Gasteiger charge is 2.51. The molecule has 3 aliphatic rings. The van der Waals surface area contributed by atoms with Crippen LogP contribution in [0.4, 0.5) is 0 Å². The molecule has 0 aromatic carbocycles. The molecule has 3 rings (SSSR count). The van der Waals surface area contributed by atoms with E-state index < -0.39 is 81.2 Å². The number of methoxy groups -OCH3 is 2. The van der Waals surface area contributed by atoms with Crippen LogP contribution in [-0.2, 0) is 37.6 Å². The van der Waals surface area contributed by atoms with Crippen molar-refractivity contribution in [2.45, 2.75) is 116 Å². The molecule has 0 aromatic heterocycles. The van der Waals surface area contributed by atoms with Crippen LogP contribution in [0.25, 0.3) is 0 Å². The zero-order chi connectivity index (χ0) is 33.6. The van der Waals surface area contributed by atoms with E-state index in [4.69, 9.17) is 23.5 Å². The lowest BCUT2D eigenvalue weighted by molar-refractivity contribution is -0.150. The summed E-state index contributed by atoms with van der Waals surface area (Å²) in [5, 5.41) is 27.5. The minimum absolute atomic E-state index is 0.000623. The Morgan fingerprint density at radius 2 is 1.62 bits per heavy atom. The Hall–Kier alpha value is -2.46. The Labute approximate surface area is 264 Å². The molecule has 1 saturated heterocycles.